The first-order valence-corrected chi connectivity index (χ1v) is 28.1. The molecule has 31 heavy (non-hydrogen) atoms. The van der Waals surface area contributed by atoms with Crippen LogP contribution in [0.15, 0.2) is 57.9 Å². The maximum atomic E-state index is 7.65. The van der Waals surface area contributed by atoms with Crippen molar-refractivity contribution in [1.82, 2.24) is 0 Å². The summed E-state index contributed by atoms with van der Waals surface area (Å²) in [5.74, 6) is -0.510. The van der Waals surface area contributed by atoms with Gasteiger partial charge in [0.05, 0.1) is 0 Å². The summed E-state index contributed by atoms with van der Waals surface area (Å²) in [6.45, 7) is 13.6. The summed E-state index contributed by atoms with van der Waals surface area (Å²) in [5, 5.41) is 0. The van der Waals surface area contributed by atoms with Gasteiger partial charge in [0.25, 0.3) is 0 Å². The second kappa shape index (κ2) is 9.30. The van der Waals surface area contributed by atoms with Crippen LogP contribution < -0.4 is 0 Å². The Morgan fingerprint density at radius 2 is 1.74 bits per heavy atom. The van der Waals surface area contributed by atoms with Crippen molar-refractivity contribution in [3.8, 4) is 11.1 Å². The molecule has 0 aliphatic heterocycles. The fourth-order valence-corrected chi connectivity index (χ4v) is 27.9. The molecule has 5 heteroatoms. The third-order valence-corrected chi connectivity index (χ3v) is 54.8. The molecule has 0 aromatic heterocycles. The molecule has 0 fully saturated rings. The number of fused-ring (bicyclic) bond motifs is 1. The van der Waals surface area contributed by atoms with E-state index in [0.717, 1.165) is 12.2 Å². The van der Waals surface area contributed by atoms with Crippen molar-refractivity contribution in [3.63, 3.8) is 0 Å². The topological polar surface area (TPSA) is 0 Å². The number of rotatable bonds is 6. The van der Waals surface area contributed by atoms with Crippen LogP contribution in [0.3, 0.4) is 0 Å². The molecule has 2 aromatic carbocycles. The van der Waals surface area contributed by atoms with Gasteiger partial charge >= 0.3 is 205 Å². The summed E-state index contributed by atoms with van der Waals surface area (Å²) in [6.07, 6.45) is 5.51. The Bertz CT molecular complexity index is 1020. The van der Waals surface area contributed by atoms with Crippen molar-refractivity contribution in [2.24, 2.45) is 0 Å². The molecule has 0 heterocycles. The van der Waals surface area contributed by atoms with Crippen LogP contribution in [0.2, 0.25) is 13.1 Å². The second-order valence-electron chi connectivity index (χ2n) is 10.3. The molecule has 167 valence electrons. The molecule has 0 spiro atoms. The summed E-state index contributed by atoms with van der Waals surface area (Å²) < 4.78 is 2.49. The Balaban J connectivity index is 2.09. The van der Waals surface area contributed by atoms with Gasteiger partial charge in [-0.3, -0.25) is 0 Å². The average Bonchev–Trinajstić information content (AvgIpc) is 3.13. The monoisotopic (exact) mass is 567 g/mol. The number of hydrogen-bond acceptors (Lipinski definition) is 1. The van der Waals surface area contributed by atoms with Gasteiger partial charge in [0, 0.05) is 0 Å². The van der Waals surface area contributed by atoms with E-state index in [1.165, 1.54) is 33.4 Å². The zero-order valence-corrected chi connectivity index (χ0v) is 25.6. The number of benzene rings is 2. The summed E-state index contributed by atoms with van der Waals surface area (Å²) in [5.41, 5.74) is 7.91. The first kappa shape index (κ1) is 25.6. The third-order valence-electron chi connectivity index (χ3n) is 6.72. The summed E-state index contributed by atoms with van der Waals surface area (Å²) in [4.78, 5) is 0. The van der Waals surface area contributed by atoms with E-state index in [1.807, 2.05) is 0 Å². The molecule has 1 atom stereocenters. The van der Waals surface area contributed by atoms with E-state index >= 15 is 0 Å². The molecule has 1 aliphatic rings. The summed E-state index contributed by atoms with van der Waals surface area (Å²) in [7, 11) is 15.3. The first-order valence-electron chi connectivity index (χ1n) is 11.2. The van der Waals surface area contributed by atoms with Crippen LogP contribution in [0.4, 0.5) is 0 Å². The molecular weight excluding hydrogens is 535 g/mol. The molecule has 0 saturated carbocycles. The molecule has 0 radical (unpaired) electrons. The predicted molar refractivity (Wildman–Crippen MR) is 145 cm³/mol. The molecule has 1 aliphatic carbocycles. The van der Waals surface area contributed by atoms with Gasteiger partial charge in [-0.2, -0.15) is 0 Å². The molecule has 0 N–H and O–H groups in total. The Labute approximate surface area is 203 Å². The molecule has 2 aromatic rings. The summed E-state index contributed by atoms with van der Waals surface area (Å²) >= 11 is 0.226. The second-order valence-corrected chi connectivity index (χ2v) is 52.7. The van der Waals surface area contributed by atoms with E-state index in [1.54, 1.807) is 0 Å². The van der Waals surface area contributed by atoms with Crippen molar-refractivity contribution in [2.75, 3.05) is 5.75 Å². The van der Waals surface area contributed by atoms with Gasteiger partial charge in [-0.05, 0) is 0 Å². The van der Waals surface area contributed by atoms with Crippen LogP contribution in [-0.4, -0.2) is 11.7 Å². The van der Waals surface area contributed by atoms with Crippen LogP contribution in [0.5, 0.6) is 0 Å². The van der Waals surface area contributed by atoms with Crippen LogP contribution in [0.1, 0.15) is 54.4 Å². The molecule has 3 rings (SSSR count). The normalized spacial score (nSPS) is 18.2. The zero-order chi connectivity index (χ0) is 23.1. The average molecular weight is 570 g/mol. The minimum absolute atomic E-state index is 0.148. The Morgan fingerprint density at radius 1 is 1.10 bits per heavy atom. The van der Waals surface area contributed by atoms with Crippen LogP contribution >= 0.6 is 29.7 Å². The van der Waals surface area contributed by atoms with Gasteiger partial charge < -0.3 is 0 Å². The van der Waals surface area contributed by atoms with Crippen molar-refractivity contribution < 1.29 is 15.6 Å². The van der Waals surface area contributed by atoms with Gasteiger partial charge in [0.2, 0.25) is 0 Å². The number of halogens is 2. The fraction of sp³-hybridized carbons (Fsp3) is 0.385. The number of hydrogen-bond donors (Lipinski definition) is 1. The van der Waals surface area contributed by atoms with E-state index in [9.17, 15) is 0 Å². The van der Waals surface area contributed by atoms with Crippen molar-refractivity contribution in [2.45, 2.75) is 56.3 Å². The van der Waals surface area contributed by atoms with E-state index < -0.39 is 21.5 Å². The van der Waals surface area contributed by atoms with Gasteiger partial charge in [-0.25, -0.2) is 0 Å². The Morgan fingerprint density at radius 3 is 2.29 bits per heavy atom. The summed E-state index contributed by atoms with van der Waals surface area (Å²) in [6, 6.07) is 15.6. The Kier molecular flexibility index (Phi) is 7.67. The fourth-order valence-electron chi connectivity index (χ4n) is 4.55. The zero-order valence-electron chi connectivity index (χ0n) is 19.5. The maximum absolute atomic E-state index is 7.65. The van der Waals surface area contributed by atoms with Crippen molar-refractivity contribution >= 4 is 41.7 Å². The van der Waals surface area contributed by atoms with E-state index in [0.29, 0.717) is 0 Å². The SMILES string of the molecule is CC(=[CH][Zr]([Cl])([Cl])([CH]1C=Cc2c(-c3ccc(C(C)(C)C)cc3)cccc21)[SiH](C)C)CCS. The Hall–Kier alpha value is -0.0500. The molecular formula is C26H35Cl2SSiZr. The molecule has 0 saturated heterocycles. The van der Waals surface area contributed by atoms with Crippen LogP contribution in [0, 0.1) is 0 Å². The predicted octanol–water partition coefficient (Wildman–Crippen LogP) is 8.92. The minimum atomic E-state index is -4.19. The van der Waals surface area contributed by atoms with E-state index in [-0.39, 0.29) is 9.04 Å². The molecule has 0 amide bonds. The van der Waals surface area contributed by atoms with Crippen LogP contribution in [0.25, 0.3) is 17.2 Å². The van der Waals surface area contributed by atoms with Gasteiger partial charge in [0.1, 0.15) is 0 Å². The van der Waals surface area contributed by atoms with E-state index in [4.69, 9.17) is 17.0 Å². The quantitative estimate of drug-likeness (QED) is 0.261. The number of allylic oxidation sites excluding steroid dienone is 2. The van der Waals surface area contributed by atoms with Gasteiger partial charge in [-0.1, -0.05) is 0 Å². The van der Waals surface area contributed by atoms with Crippen molar-refractivity contribution in [3.05, 3.63) is 74.6 Å². The van der Waals surface area contributed by atoms with Gasteiger partial charge in [-0.15, -0.1) is 0 Å². The molecule has 0 nitrogen and oxygen atoms in total. The molecule has 0 bridgehead atoms. The molecule has 1 unspecified atom stereocenters. The van der Waals surface area contributed by atoms with Crippen molar-refractivity contribution in [1.29, 1.82) is 0 Å². The third kappa shape index (κ3) is 5.07. The van der Waals surface area contributed by atoms with Crippen LogP contribution in [-0.2, 0) is 21.0 Å². The van der Waals surface area contributed by atoms with E-state index in [2.05, 4.69) is 112 Å². The number of thiol groups is 1. The van der Waals surface area contributed by atoms with Gasteiger partial charge in [0.15, 0.2) is 0 Å². The standard InChI is InChI=1S/C19H19.C5H9S.C2H7Si.2ClH.Zr/c1-19(2,3)16-12-10-15(11-13-16)18-9-5-7-14-6-4-8-17(14)18;1-5(2)3-4-6;1-3-2;;;/h4-13H,1-3H3;1,6H,3-4H2,2H3;3H,1-2H3;2*1H;/q;;;;;+2/p-2. The first-order chi connectivity index (χ1) is 14.4.